The van der Waals surface area contributed by atoms with Gasteiger partial charge >= 0.3 is 0 Å². The lowest BCUT2D eigenvalue weighted by molar-refractivity contribution is -0.132. The Balaban J connectivity index is 1.57. The Hall–Kier alpha value is -3.03. The van der Waals surface area contributed by atoms with Gasteiger partial charge in [-0.2, -0.15) is 0 Å². The summed E-state index contributed by atoms with van der Waals surface area (Å²) in [5.74, 6) is -0.969. The number of rotatable bonds is 5. The molecule has 29 heavy (non-hydrogen) atoms. The van der Waals surface area contributed by atoms with Crippen molar-refractivity contribution in [1.29, 1.82) is 0 Å². The van der Waals surface area contributed by atoms with Crippen LogP contribution in [0.15, 0.2) is 36.5 Å². The summed E-state index contributed by atoms with van der Waals surface area (Å²) in [4.78, 5) is 32.6. The normalized spacial score (nSPS) is 14.2. The van der Waals surface area contributed by atoms with Gasteiger partial charge in [-0.05, 0) is 30.2 Å². The number of pyridine rings is 1. The van der Waals surface area contributed by atoms with Gasteiger partial charge in [0.2, 0.25) is 5.91 Å². The minimum absolute atomic E-state index is 0.103. The number of carbonyl (C=O) groups excluding carboxylic acids is 2. The van der Waals surface area contributed by atoms with Crippen LogP contribution in [0.5, 0.6) is 0 Å². The van der Waals surface area contributed by atoms with E-state index in [1.807, 2.05) is 18.7 Å². The molecule has 2 aromatic rings. The first-order valence-electron chi connectivity index (χ1n) is 9.58. The lowest BCUT2D eigenvalue weighted by Gasteiger charge is -2.35. The molecule has 0 spiro atoms. The minimum atomic E-state index is -0.811. The van der Waals surface area contributed by atoms with Gasteiger partial charge in [0.05, 0.1) is 11.9 Å². The van der Waals surface area contributed by atoms with Crippen molar-refractivity contribution in [2.75, 3.05) is 36.4 Å². The molecule has 1 aromatic heterocycles. The van der Waals surface area contributed by atoms with Crippen LogP contribution < -0.4 is 10.2 Å². The molecule has 6 nitrogen and oxygen atoms in total. The van der Waals surface area contributed by atoms with E-state index < -0.39 is 17.5 Å². The van der Waals surface area contributed by atoms with Gasteiger partial charge in [0, 0.05) is 44.2 Å². The summed E-state index contributed by atoms with van der Waals surface area (Å²) in [6, 6.07) is 6.11. The van der Waals surface area contributed by atoms with Gasteiger partial charge in [0.1, 0.15) is 17.5 Å². The maximum Gasteiger partial charge on any atom is 0.255 e. The quantitative estimate of drug-likeness (QED) is 0.833. The minimum Gasteiger partial charge on any atom is -0.353 e. The molecule has 154 valence electrons. The smallest absolute Gasteiger partial charge is 0.255 e. The third-order valence-corrected chi connectivity index (χ3v) is 4.67. The Labute approximate surface area is 168 Å². The molecule has 0 unspecified atom stereocenters. The van der Waals surface area contributed by atoms with Crippen molar-refractivity contribution in [1.82, 2.24) is 9.88 Å². The molecule has 1 aliphatic rings. The molecule has 1 N–H and O–H groups in total. The lowest BCUT2D eigenvalue weighted by atomic mass is 10.1. The highest BCUT2D eigenvalue weighted by Crippen LogP contribution is 2.18. The topological polar surface area (TPSA) is 65.5 Å². The zero-order chi connectivity index (χ0) is 21.0. The van der Waals surface area contributed by atoms with Crippen molar-refractivity contribution in [3.8, 4) is 0 Å². The summed E-state index contributed by atoms with van der Waals surface area (Å²) < 4.78 is 26.5. The standard InChI is InChI=1S/C21H24F2N4O2/c1-14(2)9-20(28)27-7-5-26(6-8-27)19-4-3-18(13-24-19)25-21(29)15-10-16(22)12-17(23)11-15/h3-4,10-14H,5-9H2,1-2H3,(H,25,29). The summed E-state index contributed by atoms with van der Waals surface area (Å²) in [6.45, 7) is 6.73. The van der Waals surface area contributed by atoms with E-state index in [2.05, 4.69) is 15.2 Å². The Morgan fingerprint density at radius 2 is 1.72 bits per heavy atom. The van der Waals surface area contributed by atoms with Gasteiger partial charge in [-0.3, -0.25) is 9.59 Å². The van der Waals surface area contributed by atoms with Crippen LogP contribution in [-0.4, -0.2) is 47.9 Å². The van der Waals surface area contributed by atoms with Crippen molar-refractivity contribution in [2.45, 2.75) is 20.3 Å². The molecule has 0 aliphatic carbocycles. The van der Waals surface area contributed by atoms with Gasteiger partial charge in [0.15, 0.2) is 0 Å². The van der Waals surface area contributed by atoms with Crippen LogP contribution >= 0.6 is 0 Å². The van der Waals surface area contributed by atoms with Crippen LogP contribution in [0.4, 0.5) is 20.3 Å². The van der Waals surface area contributed by atoms with Crippen molar-refractivity contribution < 1.29 is 18.4 Å². The summed E-state index contributed by atoms with van der Waals surface area (Å²) >= 11 is 0. The fraction of sp³-hybridized carbons (Fsp3) is 0.381. The van der Waals surface area contributed by atoms with Gasteiger partial charge in [-0.15, -0.1) is 0 Å². The van der Waals surface area contributed by atoms with Crippen LogP contribution in [0.3, 0.4) is 0 Å². The fourth-order valence-corrected chi connectivity index (χ4v) is 3.20. The number of nitrogens with one attached hydrogen (secondary N) is 1. The predicted molar refractivity (Wildman–Crippen MR) is 107 cm³/mol. The maximum absolute atomic E-state index is 13.3. The Bertz CT molecular complexity index is 858. The maximum atomic E-state index is 13.3. The number of hydrogen-bond donors (Lipinski definition) is 1. The van der Waals surface area contributed by atoms with Crippen molar-refractivity contribution in [2.24, 2.45) is 5.92 Å². The highest BCUT2D eigenvalue weighted by atomic mass is 19.1. The molecule has 3 rings (SSSR count). The Kier molecular flexibility index (Phi) is 6.41. The summed E-state index contributed by atoms with van der Waals surface area (Å²) in [5.41, 5.74) is 0.322. The summed E-state index contributed by atoms with van der Waals surface area (Å²) in [7, 11) is 0. The van der Waals surface area contributed by atoms with E-state index >= 15 is 0 Å². The first-order chi connectivity index (χ1) is 13.8. The highest BCUT2D eigenvalue weighted by molar-refractivity contribution is 6.04. The zero-order valence-corrected chi connectivity index (χ0v) is 16.5. The van der Waals surface area contributed by atoms with Crippen LogP contribution in [0, 0.1) is 17.6 Å². The SMILES string of the molecule is CC(C)CC(=O)N1CCN(c2ccc(NC(=O)c3cc(F)cc(F)c3)cn2)CC1. The molecule has 0 bridgehead atoms. The van der Waals surface area contributed by atoms with E-state index in [9.17, 15) is 18.4 Å². The monoisotopic (exact) mass is 402 g/mol. The highest BCUT2D eigenvalue weighted by Gasteiger charge is 2.22. The van der Waals surface area contributed by atoms with Crippen molar-refractivity contribution in [3.63, 3.8) is 0 Å². The van der Waals surface area contributed by atoms with Crippen LogP contribution in [0.25, 0.3) is 0 Å². The second kappa shape index (κ2) is 8.98. The van der Waals surface area contributed by atoms with Crippen molar-refractivity contribution in [3.05, 3.63) is 53.7 Å². The molecule has 8 heteroatoms. The molecule has 2 amide bonds. The number of hydrogen-bond acceptors (Lipinski definition) is 4. The molecule has 2 heterocycles. The van der Waals surface area contributed by atoms with Gasteiger partial charge in [-0.25, -0.2) is 13.8 Å². The van der Waals surface area contributed by atoms with Crippen LogP contribution in [-0.2, 0) is 4.79 Å². The number of nitrogens with zero attached hydrogens (tertiary/aromatic N) is 3. The second-order valence-electron chi connectivity index (χ2n) is 7.48. The third kappa shape index (κ3) is 5.49. The molecule has 0 radical (unpaired) electrons. The number of anilines is 2. The average Bonchev–Trinajstić information content (AvgIpc) is 2.67. The lowest BCUT2D eigenvalue weighted by Crippen LogP contribution is -2.49. The molecule has 0 atom stereocenters. The fourth-order valence-electron chi connectivity index (χ4n) is 3.20. The third-order valence-electron chi connectivity index (χ3n) is 4.67. The number of halogens is 2. The first kappa shape index (κ1) is 20.7. The molecule has 1 fully saturated rings. The molecular formula is C21H24F2N4O2. The van der Waals surface area contributed by atoms with E-state index in [0.717, 1.165) is 18.0 Å². The second-order valence-corrected chi connectivity index (χ2v) is 7.48. The van der Waals surface area contributed by atoms with Crippen LogP contribution in [0.2, 0.25) is 0 Å². The van der Waals surface area contributed by atoms with Gasteiger partial charge < -0.3 is 15.1 Å². The van der Waals surface area contributed by atoms with E-state index in [1.165, 1.54) is 6.20 Å². The zero-order valence-electron chi connectivity index (χ0n) is 16.5. The van der Waals surface area contributed by atoms with E-state index in [-0.39, 0.29) is 11.5 Å². The molecule has 1 aliphatic heterocycles. The van der Waals surface area contributed by atoms with Crippen LogP contribution in [0.1, 0.15) is 30.6 Å². The first-order valence-corrected chi connectivity index (χ1v) is 9.58. The number of piperazine rings is 1. The summed E-state index contributed by atoms with van der Waals surface area (Å²) in [6.07, 6.45) is 2.06. The molecular weight excluding hydrogens is 378 g/mol. The number of benzene rings is 1. The number of aromatic nitrogens is 1. The molecule has 0 saturated carbocycles. The Morgan fingerprint density at radius 1 is 1.07 bits per heavy atom. The Morgan fingerprint density at radius 3 is 2.28 bits per heavy atom. The average molecular weight is 402 g/mol. The van der Waals surface area contributed by atoms with Gasteiger partial charge in [-0.1, -0.05) is 13.8 Å². The summed E-state index contributed by atoms with van der Waals surface area (Å²) in [5, 5.41) is 2.58. The van der Waals surface area contributed by atoms with Crippen molar-refractivity contribution >= 4 is 23.3 Å². The molecule has 1 saturated heterocycles. The molecule has 1 aromatic carbocycles. The predicted octanol–water partition coefficient (Wildman–Crippen LogP) is 3.31. The van der Waals surface area contributed by atoms with E-state index in [4.69, 9.17) is 0 Å². The largest absolute Gasteiger partial charge is 0.353 e. The number of amides is 2. The number of carbonyl (C=O) groups is 2. The van der Waals surface area contributed by atoms with E-state index in [1.54, 1.807) is 12.1 Å². The van der Waals surface area contributed by atoms with E-state index in [0.29, 0.717) is 50.3 Å². The van der Waals surface area contributed by atoms with Gasteiger partial charge in [0.25, 0.3) is 5.91 Å².